The summed E-state index contributed by atoms with van der Waals surface area (Å²) in [6.07, 6.45) is 1.13. The summed E-state index contributed by atoms with van der Waals surface area (Å²) in [5.74, 6) is -0.664. The fraction of sp³-hybridized carbons (Fsp3) is 0. The number of halogens is 1. The second kappa shape index (κ2) is 7.81. The fourth-order valence-electron chi connectivity index (χ4n) is 1.82. The molecule has 2 aromatic carbocycles. The number of nitrogens with zero attached hydrogens (tertiary/aromatic N) is 1. The van der Waals surface area contributed by atoms with Crippen molar-refractivity contribution in [2.45, 2.75) is 4.90 Å². The van der Waals surface area contributed by atoms with Gasteiger partial charge >= 0.3 is 0 Å². The molecule has 0 aliphatic rings. The van der Waals surface area contributed by atoms with Gasteiger partial charge < -0.3 is 10.6 Å². The molecular formula is C16H12ClN3O4S. The Morgan fingerprint density at radius 2 is 1.84 bits per heavy atom. The van der Waals surface area contributed by atoms with Gasteiger partial charge in [-0.25, -0.2) is 0 Å². The molecule has 9 heteroatoms. The van der Waals surface area contributed by atoms with Gasteiger partial charge in [0.15, 0.2) is 0 Å². The van der Waals surface area contributed by atoms with E-state index in [1.807, 2.05) is 0 Å². The molecule has 7 nitrogen and oxygen atoms in total. The van der Waals surface area contributed by atoms with Gasteiger partial charge in [0, 0.05) is 22.6 Å². The van der Waals surface area contributed by atoms with Crippen LogP contribution in [0.25, 0.3) is 0 Å². The highest BCUT2D eigenvalue weighted by molar-refractivity contribution is 7.85. The Morgan fingerprint density at radius 1 is 1.16 bits per heavy atom. The Kier molecular flexibility index (Phi) is 5.77. The second-order valence-corrected chi connectivity index (χ2v) is 6.64. The monoisotopic (exact) mass is 377 g/mol. The number of carbonyl (C=O) groups excluding carboxylic acids is 1. The fourth-order valence-corrected chi connectivity index (χ4v) is 2.53. The van der Waals surface area contributed by atoms with Gasteiger partial charge in [0.05, 0.1) is 4.90 Å². The summed E-state index contributed by atoms with van der Waals surface area (Å²) >= 11 is 5.82. The van der Waals surface area contributed by atoms with E-state index in [0.717, 1.165) is 12.3 Å². The van der Waals surface area contributed by atoms with Crippen LogP contribution in [-0.4, -0.2) is 18.9 Å². The van der Waals surface area contributed by atoms with E-state index in [0.29, 0.717) is 10.7 Å². The molecule has 0 atom stereocenters. The minimum absolute atomic E-state index is 0.239. The van der Waals surface area contributed by atoms with Crippen molar-refractivity contribution in [1.29, 1.82) is 5.26 Å². The first-order chi connectivity index (χ1) is 11.8. The zero-order valence-electron chi connectivity index (χ0n) is 12.6. The Balaban J connectivity index is 2.15. The van der Waals surface area contributed by atoms with Gasteiger partial charge in [0.25, 0.3) is 16.0 Å². The zero-order chi connectivity index (χ0) is 18.4. The average Bonchev–Trinajstić information content (AvgIpc) is 2.55. The smallest absolute Gasteiger partial charge is 0.294 e. The summed E-state index contributed by atoms with van der Waals surface area (Å²) in [6, 6.07) is 13.4. The first kappa shape index (κ1) is 18.5. The highest BCUT2D eigenvalue weighted by Gasteiger charge is 2.11. The van der Waals surface area contributed by atoms with Crippen molar-refractivity contribution in [1.82, 2.24) is 0 Å². The lowest BCUT2D eigenvalue weighted by Crippen LogP contribution is -2.14. The molecule has 0 saturated heterocycles. The Morgan fingerprint density at radius 3 is 2.48 bits per heavy atom. The molecule has 0 unspecified atom stereocenters. The Hall–Kier alpha value is -2.86. The number of anilines is 2. The third kappa shape index (κ3) is 5.32. The third-order valence-electron chi connectivity index (χ3n) is 2.96. The van der Waals surface area contributed by atoms with Crippen LogP contribution < -0.4 is 10.6 Å². The number of rotatable bonds is 5. The van der Waals surface area contributed by atoms with Gasteiger partial charge in [0.1, 0.15) is 11.6 Å². The van der Waals surface area contributed by atoms with Crippen molar-refractivity contribution in [3.63, 3.8) is 0 Å². The molecular weight excluding hydrogens is 366 g/mol. The molecule has 0 bridgehead atoms. The molecule has 3 N–H and O–H groups in total. The van der Waals surface area contributed by atoms with Crippen LogP contribution in [0.15, 0.2) is 65.2 Å². The molecule has 0 fully saturated rings. The first-order valence-corrected chi connectivity index (χ1v) is 8.62. The van der Waals surface area contributed by atoms with Crippen molar-refractivity contribution in [3.8, 4) is 6.07 Å². The highest BCUT2D eigenvalue weighted by atomic mass is 35.5. The molecule has 0 spiro atoms. The standard InChI is InChI=1S/C16H12ClN3O4S/c17-12-3-1-5-14(7-12)20-16(21)11(9-18)10-19-13-4-2-6-15(8-13)25(22,23)24/h1-8,10,19H,(H,20,21)(H,22,23,24)/b11-10-. The van der Waals surface area contributed by atoms with Crippen LogP contribution in [0.1, 0.15) is 0 Å². The molecule has 128 valence electrons. The SMILES string of the molecule is N#C/C(=C/Nc1cccc(S(=O)(=O)O)c1)C(=O)Nc1cccc(Cl)c1. The number of carbonyl (C=O) groups is 1. The lowest BCUT2D eigenvalue weighted by atomic mass is 10.2. The summed E-state index contributed by atoms with van der Waals surface area (Å²) in [5.41, 5.74) is 0.461. The minimum Gasteiger partial charge on any atom is -0.360 e. The molecule has 0 aromatic heterocycles. The van der Waals surface area contributed by atoms with Crippen LogP contribution in [0.2, 0.25) is 5.02 Å². The van der Waals surface area contributed by atoms with Crippen molar-refractivity contribution < 1.29 is 17.8 Å². The third-order valence-corrected chi connectivity index (χ3v) is 4.05. The normalized spacial score (nSPS) is 11.5. The van der Waals surface area contributed by atoms with Crippen molar-refractivity contribution in [2.24, 2.45) is 0 Å². The number of hydrogen-bond acceptors (Lipinski definition) is 5. The molecule has 2 aromatic rings. The van der Waals surface area contributed by atoms with E-state index in [9.17, 15) is 13.2 Å². The average molecular weight is 378 g/mol. The molecule has 0 radical (unpaired) electrons. The van der Waals surface area contributed by atoms with E-state index in [2.05, 4.69) is 10.6 Å². The molecule has 2 rings (SSSR count). The number of hydrogen-bond donors (Lipinski definition) is 3. The van der Waals surface area contributed by atoms with Gasteiger partial charge in [-0.3, -0.25) is 9.35 Å². The van der Waals surface area contributed by atoms with Crippen LogP contribution in [0, 0.1) is 11.3 Å². The Bertz CT molecular complexity index is 981. The number of amides is 1. The quantitative estimate of drug-likeness (QED) is 0.418. The van der Waals surface area contributed by atoms with Crippen LogP contribution in [0.4, 0.5) is 11.4 Å². The molecule has 25 heavy (non-hydrogen) atoms. The van der Waals surface area contributed by atoms with Crippen molar-refractivity contribution in [3.05, 3.63) is 65.3 Å². The second-order valence-electron chi connectivity index (χ2n) is 4.78. The topological polar surface area (TPSA) is 119 Å². The predicted molar refractivity (Wildman–Crippen MR) is 93.7 cm³/mol. The maximum atomic E-state index is 12.1. The van der Waals surface area contributed by atoms with E-state index in [1.54, 1.807) is 24.3 Å². The summed E-state index contributed by atoms with van der Waals surface area (Å²) in [7, 11) is -4.35. The number of nitrogens with one attached hydrogen (secondary N) is 2. The highest BCUT2D eigenvalue weighted by Crippen LogP contribution is 2.17. The molecule has 0 aliphatic carbocycles. The van der Waals surface area contributed by atoms with Crippen molar-refractivity contribution in [2.75, 3.05) is 10.6 Å². The van der Waals surface area contributed by atoms with Gasteiger partial charge in [-0.15, -0.1) is 0 Å². The molecule has 1 amide bonds. The van der Waals surface area contributed by atoms with E-state index in [-0.39, 0.29) is 16.2 Å². The van der Waals surface area contributed by atoms with Gasteiger partial charge in [-0.05, 0) is 36.4 Å². The van der Waals surface area contributed by atoms with E-state index < -0.39 is 16.0 Å². The molecule has 0 heterocycles. The largest absolute Gasteiger partial charge is 0.360 e. The van der Waals surface area contributed by atoms with Crippen LogP contribution >= 0.6 is 11.6 Å². The maximum Gasteiger partial charge on any atom is 0.294 e. The van der Waals surface area contributed by atoms with Crippen LogP contribution in [0.5, 0.6) is 0 Å². The van der Waals surface area contributed by atoms with Gasteiger partial charge in [-0.2, -0.15) is 13.7 Å². The van der Waals surface area contributed by atoms with E-state index in [4.69, 9.17) is 21.4 Å². The predicted octanol–water partition coefficient (Wildman–Crippen LogP) is 3.04. The summed E-state index contributed by atoms with van der Waals surface area (Å²) in [6.45, 7) is 0. The minimum atomic E-state index is -4.35. The van der Waals surface area contributed by atoms with Crippen LogP contribution in [0.3, 0.4) is 0 Å². The molecule has 0 saturated carbocycles. The van der Waals surface area contributed by atoms with Crippen molar-refractivity contribution >= 4 is 39.0 Å². The molecule has 0 aliphatic heterocycles. The lowest BCUT2D eigenvalue weighted by molar-refractivity contribution is -0.112. The zero-order valence-corrected chi connectivity index (χ0v) is 14.2. The number of benzene rings is 2. The first-order valence-electron chi connectivity index (χ1n) is 6.81. The van der Waals surface area contributed by atoms with Gasteiger partial charge in [0.2, 0.25) is 0 Å². The summed E-state index contributed by atoms with van der Waals surface area (Å²) < 4.78 is 31.2. The summed E-state index contributed by atoms with van der Waals surface area (Å²) in [5, 5.41) is 14.7. The number of nitriles is 1. The maximum absolute atomic E-state index is 12.1. The lowest BCUT2D eigenvalue weighted by Gasteiger charge is -2.06. The van der Waals surface area contributed by atoms with E-state index in [1.165, 1.54) is 24.3 Å². The summed E-state index contributed by atoms with van der Waals surface area (Å²) in [4.78, 5) is 11.8. The Labute approximate surface area is 149 Å². The van der Waals surface area contributed by atoms with Crippen LogP contribution in [-0.2, 0) is 14.9 Å². The van der Waals surface area contributed by atoms with Gasteiger partial charge in [-0.1, -0.05) is 23.7 Å². The van der Waals surface area contributed by atoms with E-state index >= 15 is 0 Å².